The molecule has 1 aromatic carbocycles. The molecule has 4 rings (SSSR count). The molecule has 7 unspecified atom stereocenters. The van der Waals surface area contributed by atoms with E-state index in [1.54, 1.807) is 12.2 Å². The number of nitrogens with zero attached hydrogens (tertiary/aromatic N) is 4. The van der Waals surface area contributed by atoms with Crippen LogP contribution in [0.3, 0.4) is 0 Å². The molecule has 24 nitrogen and oxygen atoms in total. The van der Waals surface area contributed by atoms with E-state index in [2.05, 4.69) is 43.5 Å². The van der Waals surface area contributed by atoms with Crippen molar-refractivity contribution in [2.45, 2.75) is 64.8 Å². The summed E-state index contributed by atoms with van der Waals surface area (Å²) in [5.41, 5.74) is 5.03. The van der Waals surface area contributed by atoms with Crippen LogP contribution in [0.2, 0.25) is 0 Å². The van der Waals surface area contributed by atoms with Gasteiger partial charge in [0, 0.05) is 30.7 Å². The quantitative estimate of drug-likeness (QED) is 0.0364. The molecule has 0 saturated carbocycles. The summed E-state index contributed by atoms with van der Waals surface area (Å²) < 4.78 is 60.6. The smallest absolute Gasteiger partial charge is 0.274 e. The number of nitrogen functional groups attached to an aromatic ring is 1. The van der Waals surface area contributed by atoms with Gasteiger partial charge in [-0.1, -0.05) is 88.0 Å². The van der Waals surface area contributed by atoms with Crippen LogP contribution in [-0.2, 0) is 50.7 Å². The highest BCUT2D eigenvalue weighted by atomic mass is 32.2. The third-order valence-electron chi connectivity index (χ3n) is 8.15. The molecule has 6 N–H and O–H groups in total. The maximum absolute atomic E-state index is 12.6. The molecule has 62 heavy (non-hydrogen) atoms. The van der Waals surface area contributed by atoms with Crippen molar-refractivity contribution >= 4 is 75.2 Å². The Morgan fingerprint density at radius 1 is 1.02 bits per heavy atom. The van der Waals surface area contributed by atoms with Crippen molar-refractivity contribution in [2.24, 2.45) is 5.41 Å². The number of aliphatic hydroxyl groups is 2. The fraction of sp³-hybridized carbons (Fsp3) is 0.471. The number of aromatic nitrogens is 4. The normalized spacial score (nSPS) is 20.6. The third-order valence-corrected chi connectivity index (χ3v) is 12.0. The number of carbonyl (C=O) groups is 3. The molecular formula is C34H46N7O17P3S-4. The first kappa shape index (κ1) is 52.6. The summed E-state index contributed by atoms with van der Waals surface area (Å²) >= 11 is 0.984. The van der Waals surface area contributed by atoms with Crippen LogP contribution in [-0.4, -0.2) is 103 Å². The monoisotopic (exact) mass is 949 g/mol. The summed E-state index contributed by atoms with van der Waals surface area (Å²) in [5, 5.41) is 26.0. The molecule has 2 amide bonds. The van der Waals surface area contributed by atoms with Gasteiger partial charge >= 0.3 is 0 Å². The van der Waals surface area contributed by atoms with Gasteiger partial charge in [-0.15, -0.1) is 0 Å². The van der Waals surface area contributed by atoms with E-state index in [1.807, 2.05) is 50.3 Å². The van der Waals surface area contributed by atoms with Gasteiger partial charge in [-0.05, 0) is 11.6 Å². The standard InChI is InChI=1S/C32H44N7O17P3S.C2H6/c1-32(2,27(43)30(44)35-13-12-22(40)34-14-15-60-23(41)11-7-6-10-20-8-4-3-5-9-20)17-53-59(50,51)56-58(48,49)52-16-21-26(55-57(45,46)47)25(42)31(54-21)39-19-38-24-28(33)36-18-37-29(24)39;1-2/h3-11,18-19,21,25-27,31,42-43H,12-17H2,1-2H3,(H,34,40)(H,35,44)(H,48,49)(H,50,51)(H2,33,36,37)(H2,45,46,47);1-2H3/p-4/b10-6+,11-7+;. The van der Waals surface area contributed by atoms with E-state index >= 15 is 0 Å². The van der Waals surface area contributed by atoms with Gasteiger partial charge in [-0.3, -0.25) is 28.1 Å². The Balaban J connectivity index is 0.00000504. The molecule has 0 spiro atoms. The highest BCUT2D eigenvalue weighted by Crippen LogP contribution is 2.56. The molecule has 0 aliphatic carbocycles. The largest absolute Gasteiger partial charge is 0.790 e. The summed E-state index contributed by atoms with van der Waals surface area (Å²) in [4.78, 5) is 96.2. The number of thioether (sulfide) groups is 1. The minimum atomic E-state index is -5.92. The van der Waals surface area contributed by atoms with Crippen molar-refractivity contribution in [1.29, 1.82) is 0 Å². The lowest BCUT2D eigenvalue weighted by atomic mass is 9.87. The molecule has 1 aliphatic heterocycles. The highest BCUT2D eigenvalue weighted by Gasteiger charge is 2.47. The number of anilines is 1. The van der Waals surface area contributed by atoms with Crippen LogP contribution in [0.5, 0.6) is 0 Å². The first-order valence-corrected chi connectivity index (χ1v) is 23.8. The second-order valence-electron chi connectivity index (χ2n) is 13.3. The Morgan fingerprint density at radius 2 is 1.69 bits per heavy atom. The molecule has 28 heteroatoms. The van der Waals surface area contributed by atoms with Gasteiger partial charge < -0.3 is 69.0 Å². The number of rotatable bonds is 22. The summed E-state index contributed by atoms with van der Waals surface area (Å²) in [6, 6.07) is 9.48. The van der Waals surface area contributed by atoms with Crippen molar-refractivity contribution in [3.05, 3.63) is 66.8 Å². The Labute approximate surface area is 359 Å². The van der Waals surface area contributed by atoms with Gasteiger partial charge in [-0.2, -0.15) is 0 Å². The fourth-order valence-corrected chi connectivity index (χ4v) is 8.49. The molecule has 2 aromatic heterocycles. The van der Waals surface area contributed by atoms with Crippen molar-refractivity contribution in [3.63, 3.8) is 0 Å². The number of phosphoric ester groups is 3. The molecule has 1 saturated heterocycles. The zero-order valence-electron chi connectivity index (χ0n) is 33.6. The maximum Gasteiger partial charge on any atom is 0.274 e. The maximum atomic E-state index is 12.6. The number of aliphatic hydroxyl groups excluding tert-OH is 2. The Kier molecular flexibility index (Phi) is 20.2. The van der Waals surface area contributed by atoms with E-state index < -0.39 is 84.6 Å². The fourth-order valence-electron chi connectivity index (χ4n) is 5.17. The van der Waals surface area contributed by atoms with Crippen LogP contribution in [0.25, 0.3) is 17.2 Å². The zero-order chi connectivity index (χ0) is 46.3. The van der Waals surface area contributed by atoms with Crippen molar-refractivity contribution in [3.8, 4) is 0 Å². The number of phosphoric acid groups is 3. The highest BCUT2D eigenvalue weighted by molar-refractivity contribution is 8.14. The first-order valence-electron chi connectivity index (χ1n) is 18.5. The van der Waals surface area contributed by atoms with Crippen molar-refractivity contribution < 1.29 is 80.5 Å². The van der Waals surface area contributed by atoms with Crippen LogP contribution in [0.1, 0.15) is 45.9 Å². The van der Waals surface area contributed by atoms with Crippen LogP contribution in [0.15, 0.2) is 61.2 Å². The number of fused-ring (bicyclic) bond motifs is 1. The lowest BCUT2D eigenvalue weighted by Gasteiger charge is -2.36. The Hall–Kier alpha value is -3.74. The number of carbonyl (C=O) groups excluding carboxylic acids is 3. The average molecular weight is 950 g/mol. The number of amides is 2. The van der Waals surface area contributed by atoms with E-state index in [0.717, 1.165) is 34.5 Å². The van der Waals surface area contributed by atoms with Crippen LogP contribution in [0.4, 0.5) is 5.82 Å². The van der Waals surface area contributed by atoms with E-state index in [-0.39, 0.29) is 47.4 Å². The second kappa shape index (κ2) is 23.8. The molecule has 1 aliphatic rings. The minimum absolute atomic E-state index is 0.0240. The lowest BCUT2D eigenvalue weighted by Crippen LogP contribution is -2.46. The number of hydrogen-bond acceptors (Lipinski definition) is 22. The number of hydrogen-bond donors (Lipinski definition) is 5. The summed E-state index contributed by atoms with van der Waals surface area (Å²) in [6.45, 7) is 4.02. The van der Waals surface area contributed by atoms with E-state index in [4.69, 9.17) is 10.5 Å². The van der Waals surface area contributed by atoms with E-state index in [1.165, 1.54) is 19.9 Å². The predicted molar refractivity (Wildman–Crippen MR) is 214 cm³/mol. The molecule has 344 valence electrons. The summed E-state index contributed by atoms with van der Waals surface area (Å²) in [5.74, 6) is -1.30. The predicted octanol–water partition coefficient (Wildman–Crippen LogP) is -0.567. The third kappa shape index (κ3) is 16.8. The van der Waals surface area contributed by atoms with Gasteiger partial charge in [0.25, 0.3) is 15.6 Å². The Morgan fingerprint density at radius 3 is 2.37 bits per heavy atom. The molecular weight excluding hydrogens is 903 g/mol. The van der Waals surface area contributed by atoms with Gasteiger partial charge in [-0.25, -0.2) is 19.3 Å². The van der Waals surface area contributed by atoms with Crippen molar-refractivity contribution in [1.82, 2.24) is 30.2 Å². The van der Waals surface area contributed by atoms with Crippen LogP contribution < -0.4 is 35.9 Å². The number of nitrogens with two attached hydrogens (primary N) is 1. The lowest BCUT2D eigenvalue weighted by molar-refractivity contribution is -0.347. The van der Waals surface area contributed by atoms with Crippen molar-refractivity contribution in [2.75, 3.05) is 37.8 Å². The topological polar surface area (TPSA) is 375 Å². The van der Waals surface area contributed by atoms with Crippen LogP contribution >= 0.6 is 35.2 Å². The number of allylic oxidation sites excluding steroid dienone is 2. The zero-order valence-corrected chi connectivity index (χ0v) is 37.1. The van der Waals surface area contributed by atoms with Crippen LogP contribution in [0, 0.1) is 5.41 Å². The molecule has 1 fully saturated rings. The molecule has 3 heterocycles. The van der Waals surface area contributed by atoms with Gasteiger partial charge in [0.15, 0.2) is 17.7 Å². The van der Waals surface area contributed by atoms with Gasteiger partial charge in [0.05, 0.1) is 27.4 Å². The average Bonchev–Trinajstić information content (AvgIpc) is 3.77. The molecule has 3 aromatic rings. The molecule has 0 radical (unpaired) electrons. The molecule has 0 bridgehead atoms. The van der Waals surface area contributed by atoms with Gasteiger partial charge in [0.2, 0.25) is 16.9 Å². The number of ether oxygens (including phenoxy) is 1. The summed E-state index contributed by atoms with van der Waals surface area (Å²) in [6.07, 6.45) is -1.09. The van der Waals surface area contributed by atoms with Gasteiger partial charge in [0.1, 0.15) is 36.3 Å². The number of nitrogens with one attached hydrogen (secondary N) is 2. The Bertz CT molecular complexity index is 2170. The minimum Gasteiger partial charge on any atom is -0.790 e. The second-order valence-corrected chi connectivity index (χ2v) is 18.4. The van der Waals surface area contributed by atoms with E-state index in [0.29, 0.717) is 0 Å². The van der Waals surface area contributed by atoms with E-state index in [9.17, 15) is 57.9 Å². The first-order chi connectivity index (χ1) is 29.1. The summed E-state index contributed by atoms with van der Waals surface area (Å²) in [7, 11) is -17.6. The molecule has 7 atom stereocenters. The SMILES string of the molecule is CC.CC(C)(COP(=O)([O-])OP(=O)([O-])OCC1OC(n2cnc3c(N)ncnc32)C(O)C1OP(=O)([O-])[O-])C(O)C(=O)NCCC(=O)NCCSC(=O)/C=C/C=C/c1ccccc1. The number of imidazole rings is 1. The number of benzene rings is 1.